The summed E-state index contributed by atoms with van der Waals surface area (Å²) in [4.78, 5) is 15.1. The number of halogens is 1. The fourth-order valence-electron chi connectivity index (χ4n) is 3.24. The molecule has 0 radical (unpaired) electrons. The van der Waals surface area contributed by atoms with Gasteiger partial charge in [-0.15, -0.1) is 10.2 Å². The fraction of sp³-hybridized carbons (Fsp3) is 0.471. The van der Waals surface area contributed by atoms with Crippen molar-refractivity contribution in [3.05, 3.63) is 34.1 Å². The number of aryl methyl sites for hydroxylation is 1. The SMILES string of the molecule is COc1ccc([C@H]2Nn3c(C)nnc3S[C@@H]2C(=O)N2CCOCC2)cc1Br. The van der Waals surface area contributed by atoms with Crippen LogP contribution in [0.1, 0.15) is 17.4 Å². The lowest BCUT2D eigenvalue weighted by atomic mass is 10.0. The predicted octanol–water partition coefficient (Wildman–Crippen LogP) is 1.98. The Morgan fingerprint density at radius 3 is 2.85 bits per heavy atom. The Kier molecular flexibility index (Phi) is 5.29. The van der Waals surface area contributed by atoms with Gasteiger partial charge in [-0.05, 0) is 40.5 Å². The minimum atomic E-state index is -0.348. The van der Waals surface area contributed by atoms with Crippen LogP contribution in [0.15, 0.2) is 27.8 Å². The van der Waals surface area contributed by atoms with Crippen molar-refractivity contribution in [2.45, 2.75) is 23.4 Å². The molecule has 1 aromatic heterocycles. The molecule has 0 aliphatic carbocycles. The number of methoxy groups -OCH3 is 1. The van der Waals surface area contributed by atoms with Crippen LogP contribution in [0.4, 0.5) is 0 Å². The number of hydrogen-bond acceptors (Lipinski definition) is 7. The Labute approximate surface area is 169 Å². The third-order valence-corrected chi connectivity index (χ3v) is 6.52. The Morgan fingerprint density at radius 1 is 1.37 bits per heavy atom. The molecule has 3 heterocycles. The third-order valence-electron chi connectivity index (χ3n) is 4.70. The van der Waals surface area contributed by atoms with Gasteiger partial charge in [-0.3, -0.25) is 4.79 Å². The van der Waals surface area contributed by atoms with E-state index in [0.717, 1.165) is 21.6 Å². The fourth-order valence-corrected chi connectivity index (χ4v) is 5.01. The number of nitrogens with one attached hydrogen (secondary N) is 1. The van der Waals surface area contributed by atoms with Crippen LogP contribution in [-0.4, -0.2) is 64.3 Å². The van der Waals surface area contributed by atoms with Crippen molar-refractivity contribution < 1.29 is 14.3 Å². The summed E-state index contributed by atoms with van der Waals surface area (Å²) in [5.41, 5.74) is 4.41. The van der Waals surface area contributed by atoms with Crippen molar-refractivity contribution in [2.75, 3.05) is 38.8 Å². The summed E-state index contributed by atoms with van der Waals surface area (Å²) in [5.74, 6) is 1.59. The molecule has 2 aliphatic heterocycles. The Hall–Kier alpha value is -1.78. The maximum Gasteiger partial charge on any atom is 0.238 e. The molecule has 1 fully saturated rings. The number of amides is 1. The second-order valence-corrected chi connectivity index (χ2v) is 8.31. The monoisotopic (exact) mass is 453 g/mol. The molecule has 1 amide bonds. The number of ether oxygens (including phenoxy) is 2. The molecule has 2 aliphatic rings. The molecule has 0 spiro atoms. The number of nitrogens with zero attached hydrogens (tertiary/aromatic N) is 4. The summed E-state index contributed by atoms with van der Waals surface area (Å²) < 4.78 is 13.4. The van der Waals surface area contributed by atoms with Crippen LogP contribution in [0.5, 0.6) is 5.75 Å². The lowest BCUT2D eigenvalue weighted by Gasteiger charge is -2.37. The molecule has 27 heavy (non-hydrogen) atoms. The molecule has 1 aromatic carbocycles. The first-order chi connectivity index (χ1) is 13.1. The van der Waals surface area contributed by atoms with Crippen LogP contribution in [0.25, 0.3) is 0 Å². The first-order valence-electron chi connectivity index (χ1n) is 8.63. The number of fused-ring (bicyclic) bond motifs is 1. The summed E-state index contributed by atoms with van der Waals surface area (Å²) in [6.07, 6.45) is 0. The minimum Gasteiger partial charge on any atom is -0.496 e. The van der Waals surface area contributed by atoms with Gasteiger partial charge in [0.25, 0.3) is 0 Å². The normalized spacial score (nSPS) is 22.1. The molecular formula is C17H20BrN5O3S. The smallest absolute Gasteiger partial charge is 0.238 e. The van der Waals surface area contributed by atoms with E-state index in [1.165, 1.54) is 11.8 Å². The first kappa shape index (κ1) is 18.6. The zero-order valence-corrected chi connectivity index (χ0v) is 17.4. The van der Waals surface area contributed by atoms with Crippen LogP contribution in [-0.2, 0) is 9.53 Å². The van der Waals surface area contributed by atoms with Gasteiger partial charge in [0.05, 0.1) is 30.8 Å². The van der Waals surface area contributed by atoms with Gasteiger partial charge in [-0.2, -0.15) is 0 Å². The summed E-state index contributed by atoms with van der Waals surface area (Å²) in [6.45, 7) is 4.26. The molecule has 2 atom stereocenters. The molecule has 2 aromatic rings. The maximum absolute atomic E-state index is 13.3. The topological polar surface area (TPSA) is 81.5 Å². The van der Waals surface area contributed by atoms with E-state index in [-0.39, 0.29) is 17.2 Å². The highest BCUT2D eigenvalue weighted by molar-refractivity contribution is 9.10. The predicted molar refractivity (Wildman–Crippen MR) is 105 cm³/mol. The Bertz CT molecular complexity index is 855. The van der Waals surface area contributed by atoms with Gasteiger partial charge >= 0.3 is 0 Å². The summed E-state index contributed by atoms with van der Waals surface area (Å²) >= 11 is 4.99. The van der Waals surface area contributed by atoms with Crippen molar-refractivity contribution in [3.8, 4) is 5.75 Å². The number of carbonyl (C=O) groups is 1. The van der Waals surface area contributed by atoms with Crippen molar-refractivity contribution in [3.63, 3.8) is 0 Å². The van der Waals surface area contributed by atoms with Crippen LogP contribution in [0.3, 0.4) is 0 Å². The molecule has 144 valence electrons. The van der Waals surface area contributed by atoms with Crippen molar-refractivity contribution in [1.82, 2.24) is 19.8 Å². The molecule has 10 heteroatoms. The number of benzene rings is 1. The van der Waals surface area contributed by atoms with E-state index in [2.05, 4.69) is 31.6 Å². The molecule has 8 nitrogen and oxygen atoms in total. The van der Waals surface area contributed by atoms with Gasteiger partial charge < -0.3 is 19.8 Å². The number of hydrogen-bond donors (Lipinski definition) is 1. The minimum absolute atomic E-state index is 0.0830. The second kappa shape index (κ2) is 7.69. The average molecular weight is 454 g/mol. The maximum atomic E-state index is 13.3. The molecule has 1 saturated heterocycles. The summed E-state index contributed by atoms with van der Waals surface area (Å²) in [5, 5.41) is 8.68. The van der Waals surface area contributed by atoms with Crippen LogP contribution < -0.4 is 10.2 Å². The quantitative estimate of drug-likeness (QED) is 0.760. The highest BCUT2D eigenvalue weighted by atomic mass is 79.9. The highest BCUT2D eigenvalue weighted by Gasteiger charge is 2.39. The van der Waals surface area contributed by atoms with Gasteiger partial charge in [-0.25, -0.2) is 4.68 Å². The molecule has 1 N–H and O–H groups in total. The van der Waals surface area contributed by atoms with E-state index in [4.69, 9.17) is 9.47 Å². The average Bonchev–Trinajstić information content (AvgIpc) is 3.07. The molecule has 0 unspecified atom stereocenters. The molecular weight excluding hydrogens is 434 g/mol. The standard InChI is InChI=1S/C17H20BrN5O3S/c1-10-19-20-17-23(10)21-14(11-3-4-13(25-2)12(18)9-11)15(27-17)16(24)22-5-7-26-8-6-22/h3-4,9,14-15,21H,5-8H2,1-2H3/t14-,15+/m1/s1. The van der Waals surface area contributed by atoms with Gasteiger partial charge in [0.2, 0.25) is 11.1 Å². The first-order valence-corrected chi connectivity index (χ1v) is 10.3. The van der Waals surface area contributed by atoms with Crippen LogP contribution in [0, 0.1) is 6.92 Å². The van der Waals surface area contributed by atoms with Crippen molar-refractivity contribution in [2.24, 2.45) is 0 Å². The van der Waals surface area contributed by atoms with Crippen molar-refractivity contribution in [1.29, 1.82) is 0 Å². The molecule has 0 saturated carbocycles. The lowest BCUT2D eigenvalue weighted by Crippen LogP contribution is -2.49. The summed E-state index contributed by atoms with van der Waals surface area (Å²) in [7, 11) is 1.63. The largest absolute Gasteiger partial charge is 0.496 e. The van der Waals surface area contributed by atoms with E-state index in [1.807, 2.05) is 34.7 Å². The second-order valence-electron chi connectivity index (χ2n) is 6.34. The van der Waals surface area contributed by atoms with E-state index in [0.29, 0.717) is 31.5 Å². The number of carbonyl (C=O) groups excluding carboxylic acids is 1. The van der Waals surface area contributed by atoms with Crippen molar-refractivity contribution >= 4 is 33.6 Å². The van der Waals surface area contributed by atoms with Gasteiger partial charge in [0.15, 0.2) is 0 Å². The zero-order chi connectivity index (χ0) is 19.0. The van der Waals surface area contributed by atoms with E-state index >= 15 is 0 Å². The van der Waals surface area contributed by atoms with Gasteiger partial charge in [0.1, 0.15) is 16.8 Å². The number of thioether (sulfide) groups is 1. The third kappa shape index (κ3) is 3.53. The van der Waals surface area contributed by atoms with Crippen LogP contribution >= 0.6 is 27.7 Å². The number of rotatable bonds is 3. The highest BCUT2D eigenvalue weighted by Crippen LogP contribution is 2.39. The van der Waals surface area contributed by atoms with Gasteiger partial charge in [0, 0.05) is 13.1 Å². The van der Waals surface area contributed by atoms with E-state index in [9.17, 15) is 4.79 Å². The molecule has 0 bridgehead atoms. The lowest BCUT2D eigenvalue weighted by molar-refractivity contribution is -0.135. The van der Waals surface area contributed by atoms with Crippen LogP contribution in [0.2, 0.25) is 0 Å². The number of morpholine rings is 1. The Morgan fingerprint density at radius 2 is 2.15 bits per heavy atom. The zero-order valence-electron chi connectivity index (χ0n) is 15.0. The Balaban J connectivity index is 1.69. The van der Waals surface area contributed by atoms with Gasteiger partial charge in [-0.1, -0.05) is 17.8 Å². The number of aromatic nitrogens is 3. The van der Waals surface area contributed by atoms with E-state index < -0.39 is 0 Å². The summed E-state index contributed by atoms with van der Waals surface area (Å²) in [6, 6.07) is 5.64. The molecule has 4 rings (SSSR count). The van der Waals surface area contributed by atoms with E-state index in [1.54, 1.807) is 7.11 Å².